The van der Waals surface area contributed by atoms with Gasteiger partial charge in [-0.15, -0.1) is 0 Å². The smallest absolute Gasteiger partial charge is 0.328 e. The Labute approximate surface area is 108 Å². The first-order valence-corrected chi connectivity index (χ1v) is 6.00. The van der Waals surface area contributed by atoms with E-state index in [-0.39, 0.29) is 18.4 Å². The largest absolute Gasteiger partial charge is 0.467 e. The van der Waals surface area contributed by atoms with Crippen LogP contribution in [-0.4, -0.2) is 52.0 Å². The maximum Gasteiger partial charge on any atom is 0.328 e. The molecule has 0 aliphatic heterocycles. The lowest BCUT2D eigenvalue weighted by Crippen LogP contribution is -2.47. The van der Waals surface area contributed by atoms with E-state index >= 15 is 0 Å². The third-order valence-electron chi connectivity index (χ3n) is 2.65. The number of ether oxygens (including phenoxy) is 3. The fourth-order valence-electron chi connectivity index (χ4n) is 1.32. The molecule has 6 nitrogen and oxygen atoms in total. The van der Waals surface area contributed by atoms with E-state index in [1.54, 1.807) is 7.11 Å². The second kappa shape index (κ2) is 9.85. The van der Waals surface area contributed by atoms with E-state index in [2.05, 4.69) is 10.1 Å². The van der Waals surface area contributed by atoms with E-state index in [0.29, 0.717) is 13.2 Å². The van der Waals surface area contributed by atoms with Gasteiger partial charge in [0.15, 0.2) is 0 Å². The SMILES string of the molecule is CCC(C)C(NC(=O)COCCOC)C(=O)OC. The first kappa shape index (κ1) is 16.9. The summed E-state index contributed by atoms with van der Waals surface area (Å²) in [6, 6.07) is -0.626. The Morgan fingerprint density at radius 3 is 2.39 bits per heavy atom. The summed E-state index contributed by atoms with van der Waals surface area (Å²) in [6.07, 6.45) is 0.768. The van der Waals surface area contributed by atoms with Crippen LogP contribution in [-0.2, 0) is 23.8 Å². The summed E-state index contributed by atoms with van der Waals surface area (Å²) in [7, 11) is 2.86. The van der Waals surface area contributed by atoms with Crippen LogP contribution in [0.25, 0.3) is 0 Å². The molecule has 0 heterocycles. The van der Waals surface area contributed by atoms with E-state index in [0.717, 1.165) is 6.42 Å². The lowest BCUT2D eigenvalue weighted by molar-refractivity contribution is -0.147. The predicted octanol–water partition coefficient (Wildman–Crippen LogP) is 0.353. The molecule has 0 rings (SSSR count). The zero-order valence-electron chi connectivity index (χ0n) is 11.5. The molecule has 0 saturated carbocycles. The Morgan fingerprint density at radius 2 is 1.89 bits per heavy atom. The average Bonchev–Trinajstić information content (AvgIpc) is 2.39. The third-order valence-corrected chi connectivity index (χ3v) is 2.65. The molecule has 0 spiro atoms. The van der Waals surface area contributed by atoms with E-state index < -0.39 is 12.0 Å². The molecule has 2 atom stereocenters. The van der Waals surface area contributed by atoms with Crippen molar-refractivity contribution in [3.63, 3.8) is 0 Å². The Balaban J connectivity index is 4.15. The number of hydrogen-bond donors (Lipinski definition) is 1. The van der Waals surface area contributed by atoms with Crippen LogP contribution in [0, 0.1) is 5.92 Å². The number of carbonyl (C=O) groups is 2. The summed E-state index contributed by atoms with van der Waals surface area (Å²) in [5, 5.41) is 2.62. The highest BCUT2D eigenvalue weighted by Crippen LogP contribution is 2.09. The van der Waals surface area contributed by atoms with Gasteiger partial charge in [-0.05, 0) is 5.92 Å². The van der Waals surface area contributed by atoms with Gasteiger partial charge in [-0.1, -0.05) is 20.3 Å². The molecule has 106 valence electrons. The molecule has 18 heavy (non-hydrogen) atoms. The van der Waals surface area contributed by atoms with Crippen molar-refractivity contribution in [3.05, 3.63) is 0 Å². The minimum atomic E-state index is -0.626. The van der Waals surface area contributed by atoms with Crippen molar-refractivity contribution in [2.75, 3.05) is 34.0 Å². The van der Waals surface area contributed by atoms with Crippen molar-refractivity contribution in [2.45, 2.75) is 26.3 Å². The van der Waals surface area contributed by atoms with E-state index in [9.17, 15) is 9.59 Å². The van der Waals surface area contributed by atoms with Crippen molar-refractivity contribution in [3.8, 4) is 0 Å². The van der Waals surface area contributed by atoms with E-state index in [1.165, 1.54) is 7.11 Å². The Morgan fingerprint density at radius 1 is 1.22 bits per heavy atom. The topological polar surface area (TPSA) is 73.9 Å². The van der Waals surface area contributed by atoms with E-state index in [4.69, 9.17) is 9.47 Å². The average molecular weight is 261 g/mol. The molecule has 1 amide bonds. The summed E-state index contributed by atoms with van der Waals surface area (Å²) < 4.78 is 14.5. The molecule has 0 aliphatic rings. The molecule has 0 aromatic carbocycles. The van der Waals surface area contributed by atoms with Gasteiger partial charge in [0, 0.05) is 7.11 Å². The van der Waals surface area contributed by atoms with Crippen molar-refractivity contribution in [2.24, 2.45) is 5.92 Å². The number of esters is 1. The summed E-state index contributed by atoms with van der Waals surface area (Å²) in [4.78, 5) is 23.1. The van der Waals surface area contributed by atoms with Gasteiger partial charge in [-0.2, -0.15) is 0 Å². The first-order valence-electron chi connectivity index (χ1n) is 6.00. The van der Waals surface area contributed by atoms with Gasteiger partial charge in [-0.3, -0.25) is 4.79 Å². The van der Waals surface area contributed by atoms with Gasteiger partial charge < -0.3 is 19.5 Å². The second-order valence-electron chi connectivity index (χ2n) is 4.00. The number of nitrogens with one attached hydrogen (secondary N) is 1. The number of hydrogen-bond acceptors (Lipinski definition) is 5. The standard InChI is InChI=1S/C12H23NO5/c1-5-9(2)11(12(15)17-4)13-10(14)8-18-7-6-16-3/h9,11H,5-8H2,1-4H3,(H,13,14). The molecule has 0 fully saturated rings. The quantitative estimate of drug-likeness (QED) is 0.479. The Hall–Kier alpha value is -1.14. The van der Waals surface area contributed by atoms with Crippen LogP contribution >= 0.6 is 0 Å². The van der Waals surface area contributed by atoms with Crippen LogP contribution in [0.5, 0.6) is 0 Å². The lowest BCUT2D eigenvalue weighted by Gasteiger charge is -2.21. The van der Waals surface area contributed by atoms with Crippen molar-refractivity contribution in [1.82, 2.24) is 5.32 Å². The molecule has 0 aliphatic carbocycles. The van der Waals surface area contributed by atoms with Gasteiger partial charge in [0.05, 0.1) is 20.3 Å². The minimum absolute atomic E-state index is 0.0142. The van der Waals surface area contributed by atoms with Crippen LogP contribution in [0.4, 0.5) is 0 Å². The minimum Gasteiger partial charge on any atom is -0.467 e. The zero-order chi connectivity index (χ0) is 14.0. The lowest BCUT2D eigenvalue weighted by atomic mass is 9.99. The number of amides is 1. The summed E-state index contributed by atoms with van der Waals surface area (Å²) in [5.74, 6) is -0.753. The molecule has 1 N–H and O–H groups in total. The Bertz CT molecular complexity index is 257. The van der Waals surface area contributed by atoms with Crippen LogP contribution in [0.3, 0.4) is 0 Å². The van der Waals surface area contributed by atoms with Crippen LogP contribution in [0.15, 0.2) is 0 Å². The molecule has 0 bridgehead atoms. The Kier molecular flexibility index (Phi) is 9.22. The number of rotatable bonds is 9. The van der Waals surface area contributed by atoms with Crippen molar-refractivity contribution >= 4 is 11.9 Å². The summed E-state index contributed by atoms with van der Waals surface area (Å²) in [5.41, 5.74) is 0. The van der Waals surface area contributed by atoms with Crippen molar-refractivity contribution in [1.29, 1.82) is 0 Å². The molecule has 6 heteroatoms. The molecule has 0 aromatic rings. The maximum atomic E-state index is 11.6. The normalized spacial score (nSPS) is 13.8. The van der Waals surface area contributed by atoms with Gasteiger partial charge in [0.25, 0.3) is 0 Å². The fraction of sp³-hybridized carbons (Fsp3) is 0.833. The third kappa shape index (κ3) is 6.56. The van der Waals surface area contributed by atoms with Gasteiger partial charge >= 0.3 is 5.97 Å². The number of carbonyl (C=O) groups excluding carboxylic acids is 2. The van der Waals surface area contributed by atoms with Crippen LogP contribution < -0.4 is 5.32 Å². The van der Waals surface area contributed by atoms with Crippen molar-refractivity contribution < 1.29 is 23.8 Å². The molecule has 0 radical (unpaired) electrons. The summed E-state index contributed by atoms with van der Waals surface area (Å²) in [6.45, 7) is 4.51. The van der Waals surface area contributed by atoms with Crippen LogP contribution in [0.1, 0.15) is 20.3 Å². The molecule has 0 aromatic heterocycles. The van der Waals surface area contributed by atoms with Gasteiger partial charge in [0.1, 0.15) is 12.6 Å². The van der Waals surface area contributed by atoms with Gasteiger partial charge in [0.2, 0.25) is 5.91 Å². The molecular formula is C12H23NO5. The zero-order valence-corrected chi connectivity index (χ0v) is 11.5. The molecule has 0 saturated heterocycles. The predicted molar refractivity (Wildman–Crippen MR) is 66.1 cm³/mol. The van der Waals surface area contributed by atoms with Crippen LogP contribution in [0.2, 0.25) is 0 Å². The highest BCUT2D eigenvalue weighted by Gasteiger charge is 2.26. The summed E-state index contributed by atoms with van der Waals surface area (Å²) >= 11 is 0. The number of methoxy groups -OCH3 is 2. The second-order valence-corrected chi connectivity index (χ2v) is 4.00. The highest BCUT2D eigenvalue weighted by atomic mass is 16.5. The maximum absolute atomic E-state index is 11.6. The van der Waals surface area contributed by atoms with E-state index in [1.807, 2.05) is 13.8 Å². The first-order chi connectivity index (χ1) is 8.56. The molecule has 2 unspecified atom stereocenters. The molecular weight excluding hydrogens is 238 g/mol. The highest BCUT2D eigenvalue weighted by molar-refractivity contribution is 5.85. The monoisotopic (exact) mass is 261 g/mol. The fourth-order valence-corrected chi connectivity index (χ4v) is 1.32. The van der Waals surface area contributed by atoms with Gasteiger partial charge in [-0.25, -0.2) is 4.79 Å².